The number of sulfonamides is 1. The van der Waals surface area contributed by atoms with Crippen LogP contribution in [0.5, 0.6) is 0 Å². The second-order valence-electron chi connectivity index (χ2n) is 4.78. The summed E-state index contributed by atoms with van der Waals surface area (Å²) in [4.78, 5) is 12.1. The Kier molecular flexibility index (Phi) is 4.60. The molecule has 1 amide bonds. The summed E-state index contributed by atoms with van der Waals surface area (Å²) in [5.74, 6) is -0.282. The molecule has 0 radical (unpaired) electrons. The molecule has 0 aliphatic carbocycles. The van der Waals surface area contributed by atoms with Crippen molar-refractivity contribution in [1.29, 1.82) is 0 Å². The van der Waals surface area contributed by atoms with Gasteiger partial charge in [0.25, 0.3) is 0 Å². The molecule has 1 fully saturated rings. The zero-order valence-corrected chi connectivity index (χ0v) is 13.2. The number of hydrogen-bond acceptors (Lipinski definition) is 4. The van der Waals surface area contributed by atoms with Gasteiger partial charge in [0.1, 0.15) is 11.0 Å². The van der Waals surface area contributed by atoms with E-state index in [1.54, 1.807) is 12.1 Å². The number of nitrogens with zero attached hydrogens (tertiary/aromatic N) is 1. The van der Waals surface area contributed by atoms with Gasteiger partial charge in [-0.15, -0.1) is 0 Å². The van der Waals surface area contributed by atoms with Crippen molar-refractivity contribution in [2.45, 2.75) is 23.8 Å². The van der Waals surface area contributed by atoms with Crippen molar-refractivity contribution in [2.75, 3.05) is 13.6 Å². The SMILES string of the molecule is CNC(=O)C1CCCN1S(=O)(=O)c1ccc(C(N)=S)cc1. The first-order valence-corrected chi connectivity index (χ1v) is 8.36. The van der Waals surface area contributed by atoms with E-state index in [0.29, 0.717) is 24.9 Å². The molecule has 114 valence electrons. The molecular weight excluding hydrogens is 310 g/mol. The molecule has 1 atom stereocenters. The van der Waals surface area contributed by atoms with Gasteiger partial charge in [0.05, 0.1) is 4.90 Å². The molecule has 6 nitrogen and oxygen atoms in total. The number of likely N-dealkylation sites (N-methyl/N-ethyl adjacent to an activating group) is 1. The summed E-state index contributed by atoms with van der Waals surface area (Å²) in [6.45, 7) is 0.345. The van der Waals surface area contributed by atoms with Crippen molar-refractivity contribution < 1.29 is 13.2 Å². The van der Waals surface area contributed by atoms with E-state index in [1.807, 2.05) is 0 Å². The van der Waals surface area contributed by atoms with Crippen LogP contribution in [0, 0.1) is 0 Å². The minimum absolute atomic E-state index is 0.137. The lowest BCUT2D eigenvalue weighted by molar-refractivity contribution is -0.123. The molecule has 2 rings (SSSR count). The van der Waals surface area contributed by atoms with E-state index in [4.69, 9.17) is 18.0 Å². The Morgan fingerprint density at radius 2 is 2.00 bits per heavy atom. The monoisotopic (exact) mass is 327 g/mol. The second kappa shape index (κ2) is 6.08. The van der Waals surface area contributed by atoms with E-state index in [-0.39, 0.29) is 15.8 Å². The van der Waals surface area contributed by atoms with Crippen molar-refractivity contribution in [3.8, 4) is 0 Å². The summed E-state index contributed by atoms with van der Waals surface area (Å²) < 4.78 is 26.5. The van der Waals surface area contributed by atoms with Gasteiger partial charge in [0, 0.05) is 19.2 Å². The highest BCUT2D eigenvalue weighted by molar-refractivity contribution is 7.89. The van der Waals surface area contributed by atoms with Crippen LogP contribution in [-0.4, -0.2) is 43.3 Å². The van der Waals surface area contributed by atoms with Crippen LogP contribution in [0.3, 0.4) is 0 Å². The zero-order chi connectivity index (χ0) is 15.6. The number of thiocarbonyl (C=S) groups is 1. The van der Waals surface area contributed by atoms with Gasteiger partial charge in [-0.05, 0) is 25.0 Å². The molecule has 3 N–H and O–H groups in total. The van der Waals surface area contributed by atoms with Crippen molar-refractivity contribution in [3.05, 3.63) is 29.8 Å². The van der Waals surface area contributed by atoms with Gasteiger partial charge in [-0.3, -0.25) is 4.79 Å². The van der Waals surface area contributed by atoms with Crippen LogP contribution in [0.2, 0.25) is 0 Å². The average Bonchev–Trinajstić information content (AvgIpc) is 2.96. The van der Waals surface area contributed by atoms with Crippen LogP contribution in [0.25, 0.3) is 0 Å². The van der Waals surface area contributed by atoms with Crippen molar-refractivity contribution in [3.63, 3.8) is 0 Å². The van der Waals surface area contributed by atoms with E-state index >= 15 is 0 Å². The summed E-state index contributed by atoms with van der Waals surface area (Å²) >= 11 is 4.84. The molecule has 8 heteroatoms. The third kappa shape index (κ3) is 3.07. The third-order valence-corrected chi connectivity index (χ3v) is 5.66. The fourth-order valence-corrected chi connectivity index (χ4v) is 4.18. The van der Waals surface area contributed by atoms with E-state index in [1.165, 1.54) is 23.5 Å². The van der Waals surface area contributed by atoms with Gasteiger partial charge in [-0.25, -0.2) is 8.42 Å². The molecule has 1 aromatic rings. The normalized spacial score (nSPS) is 19.4. The highest BCUT2D eigenvalue weighted by Crippen LogP contribution is 2.26. The molecule has 0 saturated carbocycles. The lowest BCUT2D eigenvalue weighted by Crippen LogP contribution is -2.44. The van der Waals surface area contributed by atoms with E-state index < -0.39 is 16.1 Å². The van der Waals surface area contributed by atoms with E-state index in [2.05, 4.69) is 5.32 Å². The Bertz CT molecular complexity index is 656. The molecule has 0 aromatic heterocycles. The van der Waals surface area contributed by atoms with Crippen molar-refractivity contribution >= 4 is 33.1 Å². The fraction of sp³-hybridized carbons (Fsp3) is 0.385. The maximum Gasteiger partial charge on any atom is 0.243 e. The van der Waals surface area contributed by atoms with Gasteiger partial charge in [0.15, 0.2) is 0 Å². The van der Waals surface area contributed by atoms with Crippen molar-refractivity contribution in [1.82, 2.24) is 9.62 Å². The molecule has 1 heterocycles. The van der Waals surface area contributed by atoms with Gasteiger partial charge >= 0.3 is 0 Å². The number of nitrogens with two attached hydrogens (primary N) is 1. The van der Waals surface area contributed by atoms with E-state index in [9.17, 15) is 13.2 Å². The van der Waals surface area contributed by atoms with Crippen LogP contribution >= 0.6 is 12.2 Å². The summed E-state index contributed by atoms with van der Waals surface area (Å²) in [7, 11) is -2.19. The van der Waals surface area contributed by atoms with Crippen LogP contribution in [-0.2, 0) is 14.8 Å². The first-order chi connectivity index (χ1) is 9.87. The Hall–Kier alpha value is -1.51. The molecule has 0 spiro atoms. The third-order valence-electron chi connectivity index (χ3n) is 3.50. The Morgan fingerprint density at radius 3 is 2.52 bits per heavy atom. The van der Waals surface area contributed by atoms with Crippen LogP contribution in [0.15, 0.2) is 29.2 Å². The molecule has 0 bridgehead atoms. The van der Waals surface area contributed by atoms with Gasteiger partial charge in [-0.2, -0.15) is 4.31 Å². The largest absolute Gasteiger partial charge is 0.389 e. The lowest BCUT2D eigenvalue weighted by Gasteiger charge is -2.22. The maximum absolute atomic E-state index is 12.6. The topological polar surface area (TPSA) is 92.5 Å². The summed E-state index contributed by atoms with van der Waals surface area (Å²) in [5.41, 5.74) is 6.10. The Balaban J connectivity index is 2.32. The standard InChI is InChI=1S/C13H17N3O3S2/c1-15-13(17)11-3-2-8-16(11)21(18,19)10-6-4-9(5-7-10)12(14)20/h4-7,11H,2-3,8H2,1H3,(H2,14,20)(H,15,17). The minimum atomic E-state index is -3.70. The quantitative estimate of drug-likeness (QED) is 0.772. The van der Waals surface area contributed by atoms with Crippen LogP contribution in [0.1, 0.15) is 18.4 Å². The number of rotatable bonds is 4. The summed E-state index contributed by atoms with van der Waals surface area (Å²) in [6.07, 6.45) is 1.20. The number of carbonyl (C=O) groups is 1. The predicted molar refractivity (Wildman–Crippen MR) is 83.3 cm³/mol. The van der Waals surface area contributed by atoms with Gasteiger partial charge in [0.2, 0.25) is 15.9 Å². The summed E-state index contributed by atoms with van der Waals surface area (Å²) in [6, 6.07) is 5.42. The first-order valence-electron chi connectivity index (χ1n) is 6.51. The van der Waals surface area contributed by atoms with Crippen LogP contribution < -0.4 is 11.1 Å². The molecule has 1 aliphatic heterocycles. The molecular formula is C13H17N3O3S2. The highest BCUT2D eigenvalue weighted by atomic mass is 32.2. The average molecular weight is 327 g/mol. The molecule has 1 aromatic carbocycles. The molecule has 1 unspecified atom stereocenters. The number of nitrogens with one attached hydrogen (secondary N) is 1. The Morgan fingerprint density at radius 1 is 1.38 bits per heavy atom. The predicted octanol–water partition coefficient (Wildman–Crippen LogP) is 0.220. The van der Waals surface area contributed by atoms with Crippen LogP contribution in [0.4, 0.5) is 0 Å². The van der Waals surface area contributed by atoms with Gasteiger partial charge in [-0.1, -0.05) is 24.4 Å². The van der Waals surface area contributed by atoms with Gasteiger partial charge < -0.3 is 11.1 Å². The number of hydrogen-bond donors (Lipinski definition) is 2. The van der Waals surface area contributed by atoms with E-state index in [0.717, 1.165) is 0 Å². The smallest absolute Gasteiger partial charge is 0.243 e. The molecule has 1 aliphatic rings. The lowest BCUT2D eigenvalue weighted by atomic mass is 10.2. The second-order valence-corrected chi connectivity index (χ2v) is 7.11. The maximum atomic E-state index is 12.6. The minimum Gasteiger partial charge on any atom is -0.389 e. The fourth-order valence-electron chi connectivity index (χ4n) is 2.38. The van der Waals surface area contributed by atoms with Crippen molar-refractivity contribution in [2.24, 2.45) is 5.73 Å². The number of carbonyl (C=O) groups excluding carboxylic acids is 1. The molecule has 1 saturated heterocycles. The zero-order valence-electron chi connectivity index (χ0n) is 11.6. The Labute approximate surface area is 129 Å². The number of benzene rings is 1. The molecule has 21 heavy (non-hydrogen) atoms. The summed E-state index contributed by atoms with van der Waals surface area (Å²) in [5, 5.41) is 2.51. The first kappa shape index (κ1) is 15.9. The highest BCUT2D eigenvalue weighted by Gasteiger charge is 2.38. The number of amides is 1.